The summed E-state index contributed by atoms with van der Waals surface area (Å²) in [4.78, 5) is 10.8. The van der Waals surface area contributed by atoms with Gasteiger partial charge in [0.25, 0.3) is 0 Å². The lowest BCUT2D eigenvalue weighted by Crippen LogP contribution is -2.20. The first-order valence-corrected chi connectivity index (χ1v) is 5.10. The van der Waals surface area contributed by atoms with Crippen molar-refractivity contribution in [3.8, 4) is 6.07 Å². The summed E-state index contributed by atoms with van der Waals surface area (Å²) in [6, 6.07) is 1.11. The SMILES string of the molecule is CCCC/N=N/C(CC(C)C#N)C(=O)O. The molecule has 2 atom stereocenters. The number of azo groups is 1. The molecular formula is C10H17N3O2. The van der Waals surface area contributed by atoms with Gasteiger partial charge in [-0.25, -0.2) is 4.79 Å². The number of carboxylic acid groups (broad SMARTS) is 1. The van der Waals surface area contributed by atoms with Gasteiger partial charge >= 0.3 is 5.97 Å². The molecule has 0 rings (SSSR count). The van der Waals surface area contributed by atoms with Crippen LogP contribution in [0.2, 0.25) is 0 Å². The van der Waals surface area contributed by atoms with Crippen molar-refractivity contribution in [3.05, 3.63) is 0 Å². The molecule has 0 heterocycles. The van der Waals surface area contributed by atoms with Gasteiger partial charge in [0.05, 0.1) is 12.6 Å². The molecule has 0 aromatic rings. The summed E-state index contributed by atoms with van der Waals surface area (Å²) >= 11 is 0. The van der Waals surface area contributed by atoms with Crippen molar-refractivity contribution in [1.29, 1.82) is 5.26 Å². The number of nitrogens with zero attached hydrogens (tertiary/aromatic N) is 3. The van der Waals surface area contributed by atoms with Gasteiger partial charge in [0.1, 0.15) is 0 Å². The van der Waals surface area contributed by atoms with Gasteiger partial charge in [0, 0.05) is 5.92 Å². The van der Waals surface area contributed by atoms with Gasteiger partial charge in [-0.05, 0) is 19.8 Å². The molecule has 0 bridgehead atoms. The summed E-state index contributed by atoms with van der Waals surface area (Å²) in [5, 5.41) is 24.9. The average molecular weight is 211 g/mol. The predicted molar refractivity (Wildman–Crippen MR) is 55.4 cm³/mol. The van der Waals surface area contributed by atoms with Gasteiger partial charge in [-0.1, -0.05) is 13.3 Å². The number of hydrogen-bond donors (Lipinski definition) is 1. The van der Waals surface area contributed by atoms with E-state index < -0.39 is 12.0 Å². The van der Waals surface area contributed by atoms with Crippen molar-refractivity contribution < 1.29 is 9.90 Å². The Labute approximate surface area is 89.8 Å². The van der Waals surface area contributed by atoms with E-state index in [2.05, 4.69) is 10.2 Å². The standard InChI is InChI=1S/C10H17N3O2/c1-3-4-5-12-13-9(10(14)15)6-8(2)7-11/h8-9H,3-6H2,1-2H3,(H,14,15)/b13-12+. The lowest BCUT2D eigenvalue weighted by molar-refractivity contribution is -0.138. The van der Waals surface area contributed by atoms with Crippen LogP contribution in [-0.4, -0.2) is 23.7 Å². The van der Waals surface area contributed by atoms with Crippen LogP contribution >= 0.6 is 0 Å². The summed E-state index contributed by atoms with van der Waals surface area (Å²) in [6.45, 7) is 4.26. The van der Waals surface area contributed by atoms with E-state index in [0.717, 1.165) is 12.8 Å². The third-order valence-corrected chi connectivity index (χ3v) is 1.91. The second-order valence-electron chi connectivity index (χ2n) is 3.45. The lowest BCUT2D eigenvalue weighted by Gasteiger charge is -2.06. The topological polar surface area (TPSA) is 85.8 Å². The number of unbranched alkanes of at least 4 members (excludes halogenated alkanes) is 1. The molecule has 0 radical (unpaired) electrons. The van der Waals surface area contributed by atoms with Crippen molar-refractivity contribution in [2.24, 2.45) is 16.1 Å². The van der Waals surface area contributed by atoms with Crippen LogP contribution in [0.5, 0.6) is 0 Å². The van der Waals surface area contributed by atoms with Gasteiger partial charge in [-0.15, -0.1) is 0 Å². The minimum Gasteiger partial charge on any atom is -0.480 e. The van der Waals surface area contributed by atoms with Gasteiger partial charge in [-0.3, -0.25) is 0 Å². The first-order chi connectivity index (χ1) is 7.11. The fourth-order valence-corrected chi connectivity index (χ4v) is 0.970. The van der Waals surface area contributed by atoms with Gasteiger partial charge in [-0.2, -0.15) is 15.5 Å². The van der Waals surface area contributed by atoms with E-state index in [1.165, 1.54) is 0 Å². The number of carboxylic acids is 1. The number of hydrogen-bond acceptors (Lipinski definition) is 4. The minimum atomic E-state index is -1.02. The smallest absolute Gasteiger partial charge is 0.330 e. The number of rotatable bonds is 7. The summed E-state index contributed by atoms with van der Waals surface area (Å²) in [5.41, 5.74) is 0. The quantitative estimate of drug-likeness (QED) is 0.517. The van der Waals surface area contributed by atoms with Crippen molar-refractivity contribution in [2.45, 2.75) is 39.2 Å². The molecule has 0 aliphatic rings. The van der Waals surface area contributed by atoms with Crippen LogP contribution in [0.25, 0.3) is 0 Å². The minimum absolute atomic E-state index is 0.224. The van der Waals surface area contributed by atoms with Crippen LogP contribution in [0.1, 0.15) is 33.1 Å². The average Bonchev–Trinajstić information content (AvgIpc) is 2.21. The largest absolute Gasteiger partial charge is 0.480 e. The highest BCUT2D eigenvalue weighted by molar-refractivity contribution is 5.73. The van der Waals surface area contributed by atoms with E-state index in [4.69, 9.17) is 10.4 Å². The second kappa shape index (κ2) is 7.92. The Morgan fingerprint density at radius 1 is 1.60 bits per heavy atom. The Bertz CT molecular complexity index is 258. The highest BCUT2D eigenvalue weighted by Crippen LogP contribution is 2.09. The highest BCUT2D eigenvalue weighted by Gasteiger charge is 2.19. The predicted octanol–water partition coefficient (Wildman–Crippen LogP) is 2.24. The molecule has 0 aliphatic heterocycles. The molecule has 0 fully saturated rings. The molecule has 1 N–H and O–H groups in total. The zero-order valence-electron chi connectivity index (χ0n) is 9.18. The number of carbonyl (C=O) groups is 1. The van der Waals surface area contributed by atoms with Crippen molar-refractivity contribution >= 4 is 5.97 Å². The summed E-state index contributed by atoms with van der Waals surface area (Å²) in [5.74, 6) is -1.33. The Hall–Kier alpha value is -1.44. The monoisotopic (exact) mass is 211 g/mol. The van der Waals surface area contributed by atoms with Crippen molar-refractivity contribution in [2.75, 3.05) is 6.54 Å². The third kappa shape index (κ3) is 6.61. The molecule has 0 aromatic carbocycles. The van der Waals surface area contributed by atoms with E-state index in [-0.39, 0.29) is 12.3 Å². The van der Waals surface area contributed by atoms with E-state index in [1.54, 1.807) is 6.92 Å². The van der Waals surface area contributed by atoms with Crippen LogP contribution in [-0.2, 0) is 4.79 Å². The normalized spacial score (nSPS) is 14.7. The van der Waals surface area contributed by atoms with Crippen LogP contribution in [0, 0.1) is 17.2 Å². The van der Waals surface area contributed by atoms with Gasteiger partial charge in [0.15, 0.2) is 6.04 Å². The maximum Gasteiger partial charge on any atom is 0.330 e. The molecule has 15 heavy (non-hydrogen) atoms. The summed E-state index contributed by atoms with van der Waals surface area (Å²) < 4.78 is 0. The molecule has 0 saturated carbocycles. The third-order valence-electron chi connectivity index (χ3n) is 1.91. The molecular weight excluding hydrogens is 194 g/mol. The summed E-state index contributed by atoms with van der Waals surface area (Å²) in [6.07, 6.45) is 2.14. The molecule has 0 amide bonds. The maximum atomic E-state index is 10.8. The fraction of sp³-hybridized carbons (Fsp3) is 0.800. The summed E-state index contributed by atoms with van der Waals surface area (Å²) in [7, 11) is 0. The van der Waals surface area contributed by atoms with Crippen molar-refractivity contribution in [3.63, 3.8) is 0 Å². The maximum absolute atomic E-state index is 10.8. The molecule has 0 aromatic heterocycles. The zero-order valence-corrected chi connectivity index (χ0v) is 9.18. The van der Waals surface area contributed by atoms with Crippen LogP contribution in [0.15, 0.2) is 10.2 Å². The van der Waals surface area contributed by atoms with E-state index in [1.807, 2.05) is 13.0 Å². The van der Waals surface area contributed by atoms with Crippen LogP contribution in [0.3, 0.4) is 0 Å². The van der Waals surface area contributed by atoms with Gasteiger partial charge < -0.3 is 5.11 Å². The fourth-order valence-electron chi connectivity index (χ4n) is 0.970. The second-order valence-corrected chi connectivity index (χ2v) is 3.45. The Morgan fingerprint density at radius 2 is 2.27 bits per heavy atom. The molecule has 5 nitrogen and oxygen atoms in total. The van der Waals surface area contributed by atoms with E-state index in [0.29, 0.717) is 6.54 Å². The van der Waals surface area contributed by atoms with E-state index >= 15 is 0 Å². The van der Waals surface area contributed by atoms with Crippen LogP contribution in [0.4, 0.5) is 0 Å². The Balaban J connectivity index is 4.11. The molecule has 2 unspecified atom stereocenters. The number of nitriles is 1. The molecule has 0 spiro atoms. The number of aliphatic carboxylic acids is 1. The Morgan fingerprint density at radius 3 is 2.73 bits per heavy atom. The molecule has 5 heteroatoms. The highest BCUT2D eigenvalue weighted by atomic mass is 16.4. The lowest BCUT2D eigenvalue weighted by atomic mass is 10.0. The molecule has 0 saturated heterocycles. The Kier molecular flexibility index (Phi) is 7.16. The molecule has 0 aliphatic carbocycles. The van der Waals surface area contributed by atoms with E-state index in [9.17, 15) is 4.79 Å². The van der Waals surface area contributed by atoms with Crippen LogP contribution < -0.4 is 0 Å². The van der Waals surface area contributed by atoms with Crippen molar-refractivity contribution in [1.82, 2.24) is 0 Å². The van der Waals surface area contributed by atoms with Gasteiger partial charge in [0.2, 0.25) is 0 Å². The zero-order chi connectivity index (χ0) is 11.7. The first-order valence-electron chi connectivity index (χ1n) is 5.10. The molecule has 84 valence electrons. The first kappa shape index (κ1) is 13.6.